The number of aromatic nitrogens is 3. The van der Waals surface area contributed by atoms with Crippen LogP contribution in [-0.4, -0.2) is 15.2 Å². The van der Waals surface area contributed by atoms with E-state index in [0.717, 1.165) is 16.9 Å². The first-order valence-electron chi connectivity index (χ1n) is 6.06. The van der Waals surface area contributed by atoms with Crippen LogP contribution in [0.5, 0.6) is 0 Å². The van der Waals surface area contributed by atoms with E-state index in [1.807, 2.05) is 6.20 Å². The second kappa shape index (κ2) is 3.56. The number of rotatable bonds is 0. The Balaban J connectivity index is 2.76. The standard InChI is InChI=1S/C14H21N3/c1-13(2,3)11-9-7-8-15-10(9)12(17-16-11)14(4,5)6/h7-8,15H,1-6H3. The van der Waals surface area contributed by atoms with E-state index in [0.29, 0.717) is 0 Å². The van der Waals surface area contributed by atoms with Crippen LogP contribution in [0.25, 0.3) is 10.9 Å². The zero-order chi connectivity index (χ0) is 12.8. The van der Waals surface area contributed by atoms with Gasteiger partial charge in [0.15, 0.2) is 0 Å². The van der Waals surface area contributed by atoms with E-state index in [4.69, 9.17) is 0 Å². The van der Waals surface area contributed by atoms with Gasteiger partial charge in [0, 0.05) is 22.4 Å². The molecule has 0 spiro atoms. The molecule has 0 aliphatic rings. The molecule has 2 aromatic heterocycles. The summed E-state index contributed by atoms with van der Waals surface area (Å²) in [5, 5.41) is 10.1. The molecule has 0 fully saturated rings. The van der Waals surface area contributed by atoms with Crippen LogP contribution in [-0.2, 0) is 10.8 Å². The van der Waals surface area contributed by atoms with Crippen molar-refractivity contribution in [1.29, 1.82) is 0 Å². The van der Waals surface area contributed by atoms with E-state index in [2.05, 4.69) is 62.8 Å². The van der Waals surface area contributed by atoms with Crippen molar-refractivity contribution in [1.82, 2.24) is 15.2 Å². The van der Waals surface area contributed by atoms with Crippen molar-refractivity contribution in [2.24, 2.45) is 0 Å². The largest absolute Gasteiger partial charge is 0.360 e. The van der Waals surface area contributed by atoms with Gasteiger partial charge in [0.25, 0.3) is 0 Å². The average molecular weight is 231 g/mol. The third-order valence-electron chi connectivity index (χ3n) is 2.91. The Morgan fingerprint density at radius 3 is 1.94 bits per heavy atom. The monoisotopic (exact) mass is 231 g/mol. The van der Waals surface area contributed by atoms with E-state index in [9.17, 15) is 0 Å². The summed E-state index contributed by atoms with van der Waals surface area (Å²) in [6.45, 7) is 13.0. The summed E-state index contributed by atoms with van der Waals surface area (Å²) in [5.41, 5.74) is 3.24. The number of hydrogen-bond acceptors (Lipinski definition) is 2. The van der Waals surface area contributed by atoms with Gasteiger partial charge in [-0.1, -0.05) is 41.5 Å². The molecule has 0 amide bonds. The molecule has 17 heavy (non-hydrogen) atoms. The summed E-state index contributed by atoms with van der Waals surface area (Å²) in [5.74, 6) is 0. The van der Waals surface area contributed by atoms with Gasteiger partial charge >= 0.3 is 0 Å². The Hall–Kier alpha value is -1.38. The highest BCUT2D eigenvalue weighted by atomic mass is 15.1. The van der Waals surface area contributed by atoms with E-state index in [1.54, 1.807) is 0 Å². The van der Waals surface area contributed by atoms with Gasteiger partial charge in [0.05, 0.1) is 16.9 Å². The average Bonchev–Trinajstić information content (AvgIpc) is 2.60. The zero-order valence-electron chi connectivity index (χ0n) is 11.5. The molecule has 2 aromatic rings. The van der Waals surface area contributed by atoms with Crippen LogP contribution in [0.15, 0.2) is 12.3 Å². The molecular weight excluding hydrogens is 210 g/mol. The third-order valence-corrected chi connectivity index (χ3v) is 2.91. The van der Waals surface area contributed by atoms with E-state index in [-0.39, 0.29) is 10.8 Å². The third kappa shape index (κ3) is 2.06. The van der Waals surface area contributed by atoms with Gasteiger partial charge in [0.1, 0.15) is 0 Å². The zero-order valence-corrected chi connectivity index (χ0v) is 11.5. The summed E-state index contributed by atoms with van der Waals surface area (Å²) in [7, 11) is 0. The molecule has 92 valence electrons. The fourth-order valence-corrected chi connectivity index (χ4v) is 2.05. The fourth-order valence-electron chi connectivity index (χ4n) is 2.05. The minimum Gasteiger partial charge on any atom is -0.360 e. The highest BCUT2D eigenvalue weighted by Crippen LogP contribution is 2.32. The van der Waals surface area contributed by atoms with E-state index >= 15 is 0 Å². The molecule has 3 nitrogen and oxygen atoms in total. The Kier molecular flexibility index (Phi) is 2.53. The molecule has 0 atom stereocenters. The molecule has 0 saturated carbocycles. The molecule has 2 heterocycles. The van der Waals surface area contributed by atoms with Crippen LogP contribution in [0.2, 0.25) is 0 Å². The van der Waals surface area contributed by atoms with Gasteiger partial charge in [0.2, 0.25) is 0 Å². The first kappa shape index (κ1) is 12.1. The van der Waals surface area contributed by atoms with Crippen molar-refractivity contribution in [3.05, 3.63) is 23.7 Å². The topological polar surface area (TPSA) is 41.6 Å². The first-order valence-corrected chi connectivity index (χ1v) is 6.06. The number of nitrogens with one attached hydrogen (secondary N) is 1. The SMILES string of the molecule is CC(C)(C)c1nnc(C(C)(C)C)c2[nH]ccc12. The van der Waals surface area contributed by atoms with Crippen molar-refractivity contribution < 1.29 is 0 Å². The van der Waals surface area contributed by atoms with E-state index < -0.39 is 0 Å². The summed E-state index contributed by atoms with van der Waals surface area (Å²) in [6.07, 6.45) is 1.97. The first-order chi connectivity index (χ1) is 7.71. The summed E-state index contributed by atoms with van der Waals surface area (Å²) in [4.78, 5) is 3.30. The maximum absolute atomic E-state index is 4.45. The van der Waals surface area contributed by atoms with E-state index in [1.165, 1.54) is 5.39 Å². The molecule has 3 heteroatoms. The van der Waals surface area contributed by atoms with Gasteiger partial charge in [-0.25, -0.2) is 0 Å². The molecule has 0 unspecified atom stereocenters. The van der Waals surface area contributed by atoms with Crippen LogP contribution >= 0.6 is 0 Å². The van der Waals surface area contributed by atoms with Crippen LogP contribution in [0.1, 0.15) is 52.9 Å². The van der Waals surface area contributed by atoms with Crippen molar-refractivity contribution in [3.8, 4) is 0 Å². The Morgan fingerprint density at radius 1 is 0.882 bits per heavy atom. The van der Waals surface area contributed by atoms with Gasteiger partial charge in [-0.05, 0) is 6.07 Å². The maximum atomic E-state index is 4.45. The second-order valence-electron chi connectivity index (χ2n) is 6.66. The summed E-state index contributed by atoms with van der Waals surface area (Å²) in [6, 6.07) is 2.10. The van der Waals surface area contributed by atoms with Crippen molar-refractivity contribution in [2.45, 2.75) is 52.4 Å². The maximum Gasteiger partial charge on any atom is 0.0924 e. The number of nitrogens with zero attached hydrogens (tertiary/aromatic N) is 2. The Bertz CT molecular complexity index is 491. The molecule has 0 aromatic carbocycles. The van der Waals surface area contributed by atoms with Crippen LogP contribution in [0.3, 0.4) is 0 Å². The predicted octanol–water partition coefficient (Wildman–Crippen LogP) is 3.55. The normalized spacial score (nSPS) is 13.3. The number of aromatic amines is 1. The molecule has 0 aliphatic heterocycles. The molecular formula is C14H21N3. The molecule has 2 rings (SSSR count). The lowest BCUT2D eigenvalue weighted by Crippen LogP contribution is -2.20. The lowest BCUT2D eigenvalue weighted by molar-refractivity contribution is 0.537. The second-order valence-corrected chi connectivity index (χ2v) is 6.66. The molecule has 0 aliphatic carbocycles. The van der Waals surface area contributed by atoms with Crippen molar-refractivity contribution >= 4 is 10.9 Å². The highest BCUT2D eigenvalue weighted by Gasteiger charge is 2.25. The van der Waals surface area contributed by atoms with Gasteiger partial charge in [-0.3, -0.25) is 0 Å². The lowest BCUT2D eigenvalue weighted by atomic mass is 9.86. The highest BCUT2D eigenvalue weighted by molar-refractivity contribution is 5.84. The molecule has 1 N–H and O–H groups in total. The Morgan fingerprint density at radius 2 is 1.41 bits per heavy atom. The van der Waals surface area contributed by atoms with Gasteiger partial charge in [-0.2, -0.15) is 10.2 Å². The van der Waals surface area contributed by atoms with Crippen molar-refractivity contribution in [2.75, 3.05) is 0 Å². The summed E-state index contributed by atoms with van der Waals surface area (Å²) >= 11 is 0. The summed E-state index contributed by atoms with van der Waals surface area (Å²) < 4.78 is 0. The van der Waals surface area contributed by atoms with Gasteiger partial charge in [-0.15, -0.1) is 0 Å². The minimum absolute atomic E-state index is 0.00647. The molecule has 0 radical (unpaired) electrons. The molecule has 0 saturated heterocycles. The Labute approximate surface area is 103 Å². The van der Waals surface area contributed by atoms with Crippen LogP contribution < -0.4 is 0 Å². The quantitative estimate of drug-likeness (QED) is 0.753. The minimum atomic E-state index is 0.00647. The van der Waals surface area contributed by atoms with Crippen LogP contribution in [0.4, 0.5) is 0 Å². The van der Waals surface area contributed by atoms with Crippen LogP contribution in [0, 0.1) is 0 Å². The smallest absolute Gasteiger partial charge is 0.0924 e. The lowest BCUT2D eigenvalue weighted by Gasteiger charge is -2.22. The molecule has 0 bridgehead atoms. The van der Waals surface area contributed by atoms with Gasteiger partial charge < -0.3 is 4.98 Å². The number of fused-ring (bicyclic) bond motifs is 1. The fraction of sp³-hybridized carbons (Fsp3) is 0.571. The number of H-pyrrole nitrogens is 1. The van der Waals surface area contributed by atoms with Crippen molar-refractivity contribution in [3.63, 3.8) is 0 Å². The number of hydrogen-bond donors (Lipinski definition) is 1. The predicted molar refractivity (Wildman–Crippen MR) is 71.3 cm³/mol.